The van der Waals surface area contributed by atoms with E-state index in [2.05, 4.69) is 4.90 Å². The quantitative estimate of drug-likeness (QED) is 0.785. The van der Waals surface area contributed by atoms with E-state index in [4.69, 9.17) is 0 Å². The SMILES string of the molecule is CS(=O)(=O)N1C[C@H]2CN(CCc3ccc(O)cc3)C[C@@]2(C(=O)O)C1. The van der Waals surface area contributed by atoms with E-state index in [1.807, 2.05) is 12.1 Å². The Kier molecular flexibility index (Phi) is 4.31. The van der Waals surface area contributed by atoms with Gasteiger partial charge in [-0.05, 0) is 24.1 Å². The van der Waals surface area contributed by atoms with Crippen molar-refractivity contribution in [2.75, 3.05) is 39.0 Å². The van der Waals surface area contributed by atoms with Crippen molar-refractivity contribution in [3.63, 3.8) is 0 Å². The molecule has 2 aliphatic rings. The van der Waals surface area contributed by atoms with Crippen LogP contribution < -0.4 is 0 Å². The number of aromatic hydroxyl groups is 1. The number of phenolic OH excluding ortho intramolecular Hbond substituents is 1. The average molecular weight is 354 g/mol. The van der Waals surface area contributed by atoms with Crippen molar-refractivity contribution in [1.29, 1.82) is 0 Å². The van der Waals surface area contributed by atoms with Crippen LogP contribution in [0.1, 0.15) is 5.56 Å². The van der Waals surface area contributed by atoms with Gasteiger partial charge in [-0.1, -0.05) is 12.1 Å². The second-order valence-corrected chi connectivity index (χ2v) is 8.85. The van der Waals surface area contributed by atoms with Crippen LogP contribution in [0, 0.1) is 11.3 Å². The second kappa shape index (κ2) is 6.02. The monoisotopic (exact) mass is 354 g/mol. The highest BCUT2D eigenvalue weighted by Crippen LogP contribution is 2.43. The van der Waals surface area contributed by atoms with Gasteiger partial charge in [-0.3, -0.25) is 4.79 Å². The number of phenols is 1. The number of hydrogen-bond acceptors (Lipinski definition) is 5. The van der Waals surface area contributed by atoms with E-state index in [1.165, 1.54) is 4.31 Å². The summed E-state index contributed by atoms with van der Waals surface area (Å²) in [5.74, 6) is -0.865. The Morgan fingerprint density at radius 2 is 1.92 bits per heavy atom. The van der Waals surface area contributed by atoms with E-state index in [0.29, 0.717) is 13.1 Å². The average Bonchev–Trinajstić information content (AvgIpc) is 3.01. The summed E-state index contributed by atoms with van der Waals surface area (Å²) < 4.78 is 24.8. The van der Waals surface area contributed by atoms with Crippen LogP contribution in [0.2, 0.25) is 0 Å². The molecule has 2 saturated heterocycles. The van der Waals surface area contributed by atoms with Crippen molar-refractivity contribution in [1.82, 2.24) is 9.21 Å². The molecule has 7 nitrogen and oxygen atoms in total. The molecule has 2 atom stereocenters. The predicted molar refractivity (Wildman–Crippen MR) is 88.2 cm³/mol. The number of benzene rings is 1. The zero-order valence-electron chi connectivity index (χ0n) is 13.6. The van der Waals surface area contributed by atoms with E-state index >= 15 is 0 Å². The van der Waals surface area contributed by atoms with E-state index in [0.717, 1.165) is 24.8 Å². The van der Waals surface area contributed by atoms with Gasteiger partial charge in [-0.15, -0.1) is 0 Å². The Hall–Kier alpha value is -1.64. The molecule has 8 heteroatoms. The molecule has 0 amide bonds. The summed E-state index contributed by atoms with van der Waals surface area (Å²) >= 11 is 0. The normalized spacial score (nSPS) is 28.1. The molecule has 0 unspecified atom stereocenters. The van der Waals surface area contributed by atoms with Gasteiger partial charge in [-0.2, -0.15) is 0 Å². The van der Waals surface area contributed by atoms with Gasteiger partial charge in [0.2, 0.25) is 10.0 Å². The number of rotatable bonds is 5. The molecule has 2 N–H and O–H groups in total. The van der Waals surface area contributed by atoms with Crippen molar-refractivity contribution in [3.8, 4) is 5.75 Å². The maximum atomic E-state index is 11.9. The molecule has 2 fully saturated rings. The minimum atomic E-state index is -3.37. The predicted octanol–water partition coefficient (Wildman–Crippen LogP) is 0.213. The fourth-order valence-electron chi connectivity index (χ4n) is 3.80. The Balaban J connectivity index is 1.67. The largest absolute Gasteiger partial charge is 0.508 e. The van der Waals surface area contributed by atoms with Crippen LogP contribution in [0.25, 0.3) is 0 Å². The first-order valence-electron chi connectivity index (χ1n) is 7.89. The lowest BCUT2D eigenvalue weighted by Gasteiger charge is -2.24. The molecule has 0 spiro atoms. The van der Waals surface area contributed by atoms with Crippen molar-refractivity contribution in [2.45, 2.75) is 6.42 Å². The van der Waals surface area contributed by atoms with Crippen molar-refractivity contribution < 1.29 is 23.4 Å². The van der Waals surface area contributed by atoms with Gasteiger partial charge < -0.3 is 15.1 Å². The van der Waals surface area contributed by atoms with Crippen LogP contribution in [0.4, 0.5) is 0 Å². The number of carbonyl (C=O) groups is 1. The van der Waals surface area contributed by atoms with Gasteiger partial charge in [0.1, 0.15) is 5.75 Å². The molecular formula is C16H22N2O5S. The summed E-state index contributed by atoms with van der Waals surface area (Å²) in [6.07, 6.45) is 1.89. The molecule has 1 aromatic rings. The lowest BCUT2D eigenvalue weighted by Crippen LogP contribution is -2.42. The number of hydrogen-bond donors (Lipinski definition) is 2. The molecule has 24 heavy (non-hydrogen) atoms. The molecule has 0 aliphatic carbocycles. The van der Waals surface area contributed by atoms with Crippen molar-refractivity contribution in [2.24, 2.45) is 11.3 Å². The zero-order chi connectivity index (χ0) is 17.5. The molecule has 0 radical (unpaired) electrons. The van der Waals surface area contributed by atoms with Crippen molar-refractivity contribution >= 4 is 16.0 Å². The molecular weight excluding hydrogens is 332 g/mol. The van der Waals surface area contributed by atoms with Gasteiger partial charge in [0.25, 0.3) is 0 Å². The first-order chi connectivity index (χ1) is 11.2. The standard InChI is InChI=1S/C16H22N2O5S/c1-24(22,23)18-9-13-8-17(10-16(13,11-18)15(20)21)7-6-12-2-4-14(19)5-3-12/h2-5,13,19H,6-11H2,1H3,(H,20,21)/t13-,16-/m1/s1. The van der Waals surface area contributed by atoms with Crippen LogP contribution in [-0.4, -0.2) is 72.8 Å². The molecule has 132 valence electrons. The van der Waals surface area contributed by atoms with E-state index in [9.17, 15) is 23.4 Å². The number of fused-ring (bicyclic) bond motifs is 1. The lowest BCUT2D eigenvalue weighted by molar-refractivity contribution is -0.148. The summed E-state index contributed by atoms with van der Waals surface area (Å²) in [5.41, 5.74) is 0.0740. The maximum Gasteiger partial charge on any atom is 0.312 e. The fraction of sp³-hybridized carbons (Fsp3) is 0.562. The van der Waals surface area contributed by atoms with Gasteiger partial charge >= 0.3 is 5.97 Å². The van der Waals surface area contributed by atoms with E-state index in [-0.39, 0.29) is 24.8 Å². The minimum absolute atomic E-state index is 0.0571. The maximum absolute atomic E-state index is 11.9. The second-order valence-electron chi connectivity index (χ2n) is 6.87. The van der Waals surface area contributed by atoms with Crippen LogP contribution in [0.15, 0.2) is 24.3 Å². The van der Waals surface area contributed by atoms with E-state index in [1.54, 1.807) is 12.1 Å². The van der Waals surface area contributed by atoms with Gasteiger partial charge in [0, 0.05) is 38.6 Å². The van der Waals surface area contributed by atoms with Crippen LogP contribution in [-0.2, 0) is 21.2 Å². The van der Waals surface area contributed by atoms with Crippen molar-refractivity contribution in [3.05, 3.63) is 29.8 Å². The number of likely N-dealkylation sites (tertiary alicyclic amines) is 1. The lowest BCUT2D eigenvalue weighted by atomic mass is 9.81. The van der Waals surface area contributed by atoms with Crippen LogP contribution in [0.5, 0.6) is 5.75 Å². The van der Waals surface area contributed by atoms with Gasteiger partial charge in [0.05, 0.1) is 11.7 Å². The number of carboxylic acids is 1. The summed E-state index contributed by atoms with van der Waals surface area (Å²) in [6.45, 7) is 2.02. The number of carboxylic acid groups (broad SMARTS) is 1. The molecule has 0 bridgehead atoms. The molecule has 0 saturated carbocycles. The highest BCUT2D eigenvalue weighted by molar-refractivity contribution is 7.88. The topological polar surface area (TPSA) is 98.2 Å². The summed E-state index contributed by atoms with van der Waals surface area (Å²) in [7, 11) is -3.37. The smallest absolute Gasteiger partial charge is 0.312 e. The molecule has 2 aliphatic heterocycles. The molecule has 0 aromatic heterocycles. The Labute approximate surface area is 141 Å². The van der Waals surface area contributed by atoms with E-state index < -0.39 is 21.4 Å². The molecule has 2 heterocycles. The first-order valence-corrected chi connectivity index (χ1v) is 9.74. The summed E-state index contributed by atoms with van der Waals surface area (Å²) in [5, 5.41) is 19.0. The Morgan fingerprint density at radius 1 is 1.25 bits per heavy atom. The third kappa shape index (κ3) is 3.13. The number of sulfonamides is 1. The third-order valence-corrected chi connectivity index (χ3v) is 6.41. The zero-order valence-corrected chi connectivity index (χ0v) is 14.4. The Bertz CT molecular complexity index is 733. The number of nitrogens with zero attached hydrogens (tertiary/aromatic N) is 2. The van der Waals surface area contributed by atoms with Crippen LogP contribution in [0.3, 0.4) is 0 Å². The summed E-state index contributed by atoms with van der Waals surface area (Å²) in [6, 6.07) is 6.97. The van der Waals surface area contributed by atoms with Crippen LogP contribution >= 0.6 is 0 Å². The first kappa shape index (κ1) is 17.2. The minimum Gasteiger partial charge on any atom is -0.508 e. The Morgan fingerprint density at radius 3 is 2.46 bits per heavy atom. The third-order valence-electron chi connectivity index (χ3n) is 5.20. The molecule has 1 aromatic carbocycles. The van der Waals surface area contributed by atoms with Gasteiger partial charge in [0.15, 0.2) is 0 Å². The fourth-order valence-corrected chi connectivity index (χ4v) is 4.71. The molecule has 3 rings (SSSR count). The number of aliphatic carboxylic acids is 1. The highest BCUT2D eigenvalue weighted by atomic mass is 32.2. The summed E-state index contributed by atoms with van der Waals surface area (Å²) in [4.78, 5) is 14.0. The highest BCUT2D eigenvalue weighted by Gasteiger charge is 2.58. The van der Waals surface area contributed by atoms with Gasteiger partial charge in [-0.25, -0.2) is 12.7 Å².